The lowest BCUT2D eigenvalue weighted by Gasteiger charge is -2.26. The number of para-hydroxylation sites is 8. The molecule has 5 aromatic heterocycles. The summed E-state index contributed by atoms with van der Waals surface area (Å²) in [6, 6.07) is 131. The third kappa shape index (κ3) is 9.21. The summed E-state index contributed by atoms with van der Waals surface area (Å²) < 4.78 is 9.44. The second-order valence-corrected chi connectivity index (χ2v) is 26.2. The lowest BCUT2D eigenvalue weighted by molar-refractivity contribution is 1.17. The first kappa shape index (κ1) is 58.2. The number of rotatable bonds is 11. The van der Waals surface area contributed by atoms with Crippen LogP contribution in [0.3, 0.4) is 0 Å². The molecule has 0 unspecified atom stereocenters. The summed E-state index contributed by atoms with van der Waals surface area (Å²) in [6.45, 7) is 0. The van der Waals surface area contributed by atoms with Crippen molar-refractivity contribution in [3.8, 4) is 107 Å². The third-order valence-corrected chi connectivity index (χ3v) is 20.7. The maximum absolute atomic E-state index is 12.9. The van der Waals surface area contributed by atoms with Crippen LogP contribution in [0.15, 0.2) is 358 Å². The second-order valence-electron chi connectivity index (χ2n) is 26.2. The van der Waals surface area contributed by atoms with Gasteiger partial charge in [0.05, 0.1) is 61.1 Å². The first-order valence-electron chi connectivity index (χ1n) is 34.6. The zero-order valence-electron chi connectivity index (χ0n) is 55.2. The van der Waals surface area contributed by atoms with E-state index in [0.29, 0.717) is 17.0 Å². The van der Waals surface area contributed by atoms with E-state index >= 15 is 0 Å². The molecule has 0 N–H and O–H groups in total. The van der Waals surface area contributed by atoms with Gasteiger partial charge in [0.1, 0.15) is 6.07 Å². The molecular formula is C95H59N7. The van der Waals surface area contributed by atoms with Crippen LogP contribution in [0.25, 0.3) is 188 Å². The SMILES string of the molecule is N#Cc1c(-c2ccc(-n3c4ccccc4c4ccccc43)cc2)c(-c2ccc(-n3c4ccccc4c4ccccc43)cc2)c(-c2ccc(-n3c4ccccc4c4ccccc43)cc2)c(-c2nc(-c3ccccc3)cc(-c3ccccc3)n2)c1-c1ccc(-n2c3ccccc3c3ccccc32)cc1. The van der Waals surface area contributed by atoms with Crippen LogP contribution in [-0.4, -0.2) is 28.2 Å². The van der Waals surface area contributed by atoms with Crippen molar-refractivity contribution in [1.29, 1.82) is 5.26 Å². The molecule has 20 aromatic rings. The Morgan fingerprint density at radius 2 is 0.422 bits per heavy atom. The first-order valence-corrected chi connectivity index (χ1v) is 34.6. The van der Waals surface area contributed by atoms with Crippen molar-refractivity contribution in [1.82, 2.24) is 28.2 Å². The van der Waals surface area contributed by atoms with E-state index in [4.69, 9.17) is 9.97 Å². The molecule has 0 amide bonds. The Labute approximate surface area is 587 Å². The summed E-state index contributed by atoms with van der Waals surface area (Å²) in [6.07, 6.45) is 0. The molecular weight excluding hydrogens is 1240 g/mol. The van der Waals surface area contributed by atoms with Crippen molar-refractivity contribution < 1.29 is 0 Å². The van der Waals surface area contributed by atoms with E-state index < -0.39 is 0 Å². The summed E-state index contributed by atoms with van der Waals surface area (Å²) in [4.78, 5) is 11.6. The summed E-state index contributed by atoms with van der Waals surface area (Å²) in [5.74, 6) is 0.478. The van der Waals surface area contributed by atoms with Gasteiger partial charge in [-0.25, -0.2) is 9.97 Å². The Morgan fingerprint density at radius 1 is 0.206 bits per heavy atom. The molecule has 474 valence electrons. The Bertz CT molecular complexity index is 6500. The highest BCUT2D eigenvalue weighted by atomic mass is 15.0. The molecule has 7 nitrogen and oxygen atoms in total. The highest BCUT2D eigenvalue weighted by molar-refractivity contribution is 6.14. The molecule has 7 heteroatoms. The summed E-state index contributed by atoms with van der Waals surface area (Å²) in [5.41, 5.74) is 24.3. The van der Waals surface area contributed by atoms with Gasteiger partial charge < -0.3 is 18.3 Å². The zero-order chi connectivity index (χ0) is 67.4. The number of nitriles is 1. The highest BCUT2D eigenvalue weighted by Crippen LogP contribution is 2.54. The Morgan fingerprint density at radius 3 is 0.676 bits per heavy atom. The quantitative estimate of drug-likeness (QED) is 0.130. The molecule has 15 aromatic carbocycles. The monoisotopic (exact) mass is 1300 g/mol. The van der Waals surface area contributed by atoms with Gasteiger partial charge in [-0.15, -0.1) is 0 Å². The van der Waals surface area contributed by atoms with Gasteiger partial charge in [-0.05, 0) is 131 Å². The van der Waals surface area contributed by atoms with Gasteiger partial charge >= 0.3 is 0 Å². The van der Waals surface area contributed by atoms with Crippen LogP contribution < -0.4 is 0 Å². The van der Waals surface area contributed by atoms with Crippen LogP contribution in [-0.2, 0) is 0 Å². The van der Waals surface area contributed by atoms with E-state index in [1.807, 2.05) is 12.1 Å². The van der Waals surface area contributed by atoms with Gasteiger partial charge in [0.15, 0.2) is 5.82 Å². The third-order valence-electron chi connectivity index (χ3n) is 20.7. The number of hydrogen-bond donors (Lipinski definition) is 0. The normalized spacial score (nSPS) is 11.7. The van der Waals surface area contributed by atoms with Gasteiger partial charge in [0, 0.05) is 99.2 Å². The van der Waals surface area contributed by atoms with E-state index in [0.717, 1.165) is 134 Å². The van der Waals surface area contributed by atoms with E-state index in [-0.39, 0.29) is 0 Å². The van der Waals surface area contributed by atoms with Gasteiger partial charge in [-0.3, -0.25) is 0 Å². The average Bonchev–Trinajstić information content (AvgIpc) is 0.862. The smallest absolute Gasteiger partial charge is 0.161 e. The fraction of sp³-hybridized carbons (Fsp3) is 0. The molecule has 20 rings (SSSR count). The van der Waals surface area contributed by atoms with Crippen molar-refractivity contribution in [2.24, 2.45) is 0 Å². The number of aromatic nitrogens is 6. The number of nitrogens with zero attached hydrogens (tertiary/aromatic N) is 7. The summed E-state index contributed by atoms with van der Waals surface area (Å²) in [7, 11) is 0. The first-order chi connectivity index (χ1) is 50.6. The standard InChI is InChI=1S/C95H59N7/c96-60-79-90(63-43-51-67(52-44-63)99-82-35-15-7-27-71(82)72-28-8-16-36-83(72)99)92(65-47-55-69(56-48-65)101-86-39-19-11-31-75(86)76-32-12-20-40-87(76)101)93(66-49-57-70(58-50-66)102-88-41-21-13-33-77(88)78-34-14-22-42-89(78)102)94(95-97-80(61-23-3-1-4-24-61)59-81(98-95)62-25-5-2-6-26-62)91(79)64-45-53-68(54-46-64)100-84-37-17-9-29-73(84)74-30-10-18-38-85(74)100/h1-59H. The maximum Gasteiger partial charge on any atom is 0.161 e. The molecule has 0 aliphatic heterocycles. The zero-order valence-corrected chi connectivity index (χ0v) is 55.2. The molecule has 0 bridgehead atoms. The molecule has 0 saturated carbocycles. The van der Waals surface area contributed by atoms with Crippen molar-refractivity contribution in [2.75, 3.05) is 0 Å². The Kier molecular flexibility index (Phi) is 13.5. The number of fused-ring (bicyclic) bond motifs is 12. The number of benzene rings is 15. The van der Waals surface area contributed by atoms with Gasteiger partial charge in [0.2, 0.25) is 0 Å². The molecule has 0 radical (unpaired) electrons. The van der Waals surface area contributed by atoms with Crippen LogP contribution in [0.2, 0.25) is 0 Å². The summed E-state index contributed by atoms with van der Waals surface area (Å²) in [5, 5.41) is 22.3. The molecule has 0 aliphatic carbocycles. The predicted molar refractivity (Wildman–Crippen MR) is 422 cm³/mol. The topological polar surface area (TPSA) is 69.3 Å². The second kappa shape index (κ2) is 23.7. The van der Waals surface area contributed by atoms with E-state index in [2.05, 4.69) is 370 Å². The average molecular weight is 1300 g/mol. The molecule has 0 atom stereocenters. The van der Waals surface area contributed by atoms with Crippen LogP contribution in [0.1, 0.15) is 5.56 Å². The maximum atomic E-state index is 12.9. The lowest BCUT2D eigenvalue weighted by atomic mass is 9.77. The van der Waals surface area contributed by atoms with Crippen molar-refractivity contribution >= 4 is 87.2 Å². The lowest BCUT2D eigenvalue weighted by Crippen LogP contribution is -2.06. The Hall–Kier alpha value is -13.9. The van der Waals surface area contributed by atoms with E-state index in [1.54, 1.807) is 0 Å². The van der Waals surface area contributed by atoms with Crippen LogP contribution in [0, 0.1) is 11.3 Å². The molecule has 0 aliphatic rings. The molecule has 0 spiro atoms. The van der Waals surface area contributed by atoms with Crippen LogP contribution in [0.5, 0.6) is 0 Å². The fourth-order valence-electron chi connectivity index (χ4n) is 16.2. The minimum atomic E-state index is 0.478. The van der Waals surface area contributed by atoms with Gasteiger partial charge in [-0.1, -0.05) is 255 Å². The van der Waals surface area contributed by atoms with Crippen molar-refractivity contribution in [2.45, 2.75) is 0 Å². The van der Waals surface area contributed by atoms with Gasteiger partial charge in [-0.2, -0.15) is 5.26 Å². The summed E-state index contributed by atoms with van der Waals surface area (Å²) >= 11 is 0. The molecule has 102 heavy (non-hydrogen) atoms. The number of hydrogen-bond acceptors (Lipinski definition) is 3. The molecule has 0 fully saturated rings. The van der Waals surface area contributed by atoms with E-state index in [1.165, 1.54) is 43.1 Å². The van der Waals surface area contributed by atoms with Crippen LogP contribution in [0.4, 0.5) is 0 Å². The largest absolute Gasteiger partial charge is 0.309 e. The molecule has 0 saturated heterocycles. The predicted octanol–water partition coefficient (Wildman–Crippen LogP) is 24.4. The minimum Gasteiger partial charge on any atom is -0.309 e. The van der Waals surface area contributed by atoms with Crippen LogP contribution >= 0.6 is 0 Å². The van der Waals surface area contributed by atoms with E-state index in [9.17, 15) is 5.26 Å². The van der Waals surface area contributed by atoms with Crippen molar-refractivity contribution in [3.63, 3.8) is 0 Å². The van der Waals surface area contributed by atoms with Gasteiger partial charge in [0.25, 0.3) is 0 Å². The van der Waals surface area contributed by atoms with Crippen molar-refractivity contribution in [3.05, 3.63) is 363 Å². The highest BCUT2D eigenvalue weighted by Gasteiger charge is 2.32. The fourth-order valence-corrected chi connectivity index (χ4v) is 16.2. The molecule has 5 heterocycles. The minimum absolute atomic E-state index is 0.478. The Balaban J connectivity index is 0.923.